The van der Waals surface area contributed by atoms with Gasteiger partial charge < -0.3 is 24.8 Å². The highest BCUT2D eigenvalue weighted by molar-refractivity contribution is 5.96. The van der Waals surface area contributed by atoms with Crippen LogP contribution < -0.4 is 0 Å². The standard InChI is InChI=1S/C31H44O8/c1-8-10-11-12-22(33)39-30-15-19(5)29-14-18(4)26(38-27(36)17(3)9-2)31(29,37)24(34)20(16-32)13-21(25(29)35)23(30)28(30,6)7/h9,13-14,19,21,23-24,26,32,34,37H,8,10-12,15-16H2,1-7H3/b17-9-/t19?,21-,23+,24+,26-,29?,30-,31-/m0/s1. The van der Waals surface area contributed by atoms with Crippen LogP contribution in [0.2, 0.25) is 0 Å². The minimum Gasteiger partial charge on any atom is -0.458 e. The van der Waals surface area contributed by atoms with Gasteiger partial charge in [-0.05, 0) is 50.7 Å². The van der Waals surface area contributed by atoms with Crippen LogP contribution in [0, 0.1) is 28.6 Å². The number of aliphatic hydroxyl groups is 3. The minimum atomic E-state index is -2.26. The number of allylic oxidation sites excluding steroid dienone is 2. The molecule has 0 aliphatic heterocycles. The maximum atomic E-state index is 14.7. The molecule has 4 rings (SSSR count). The van der Waals surface area contributed by atoms with E-state index in [9.17, 15) is 29.7 Å². The lowest BCUT2D eigenvalue weighted by Crippen LogP contribution is -2.66. The summed E-state index contributed by atoms with van der Waals surface area (Å²) in [7, 11) is 0. The van der Waals surface area contributed by atoms with Crippen molar-refractivity contribution in [1.29, 1.82) is 0 Å². The summed E-state index contributed by atoms with van der Waals surface area (Å²) < 4.78 is 12.0. The molecule has 8 heteroatoms. The van der Waals surface area contributed by atoms with E-state index < -0.39 is 64.6 Å². The van der Waals surface area contributed by atoms with Crippen molar-refractivity contribution < 1.29 is 39.2 Å². The number of fused-ring (bicyclic) bond motifs is 3. The maximum Gasteiger partial charge on any atom is 0.334 e. The van der Waals surface area contributed by atoms with Gasteiger partial charge in [-0.1, -0.05) is 58.8 Å². The van der Waals surface area contributed by atoms with Crippen molar-refractivity contribution in [2.75, 3.05) is 6.61 Å². The molecule has 0 aromatic rings. The Bertz CT molecular complexity index is 1150. The van der Waals surface area contributed by atoms with Gasteiger partial charge in [0.25, 0.3) is 0 Å². The molecule has 2 unspecified atom stereocenters. The number of carbonyl (C=O) groups excluding carboxylic acids is 3. The van der Waals surface area contributed by atoms with Gasteiger partial charge in [0.2, 0.25) is 0 Å². The normalized spacial score (nSPS) is 40.4. The second-order valence-electron chi connectivity index (χ2n) is 12.7. The molecule has 8 atom stereocenters. The van der Waals surface area contributed by atoms with Crippen molar-refractivity contribution in [3.05, 3.63) is 34.9 Å². The first-order chi connectivity index (χ1) is 18.2. The lowest BCUT2D eigenvalue weighted by Gasteiger charge is -2.49. The van der Waals surface area contributed by atoms with Crippen molar-refractivity contribution in [2.24, 2.45) is 28.6 Å². The monoisotopic (exact) mass is 544 g/mol. The van der Waals surface area contributed by atoms with Gasteiger partial charge in [-0.25, -0.2) is 4.79 Å². The topological polar surface area (TPSA) is 130 Å². The molecule has 4 aliphatic rings. The Hall–Kier alpha value is -2.29. The molecule has 3 N–H and O–H groups in total. The van der Waals surface area contributed by atoms with E-state index in [1.807, 2.05) is 20.8 Å². The molecule has 0 heterocycles. The largest absolute Gasteiger partial charge is 0.458 e. The van der Waals surface area contributed by atoms with Crippen molar-refractivity contribution in [3.63, 3.8) is 0 Å². The van der Waals surface area contributed by atoms with Crippen molar-refractivity contribution in [3.8, 4) is 0 Å². The van der Waals surface area contributed by atoms with Crippen LogP contribution in [-0.4, -0.2) is 63.1 Å². The summed E-state index contributed by atoms with van der Waals surface area (Å²) in [5.74, 6) is -3.10. The number of aliphatic hydroxyl groups excluding tert-OH is 2. The van der Waals surface area contributed by atoms with Gasteiger partial charge >= 0.3 is 11.9 Å². The number of Topliss-reactive ketones (excluding diaryl/α,β-unsaturated/α-hetero) is 1. The molecule has 2 fully saturated rings. The number of carbonyl (C=O) groups is 3. The predicted molar refractivity (Wildman–Crippen MR) is 144 cm³/mol. The Morgan fingerprint density at radius 1 is 1.23 bits per heavy atom. The first-order valence-corrected chi connectivity index (χ1v) is 14.2. The number of esters is 2. The van der Waals surface area contributed by atoms with Crippen LogP contribution in [0.1, 0.15) is 80.6 Å². The molecule has 0 aromatic heterocycles. The number of rotatable bonds is 8. The molecular formula is C31H44O8. The Balaban J connectivity index is 1.85. The minimum absolute atomic E-state index is 0.0876. The first kappa shape index (κ1) is 29.7. The van der Waals surface area contributed by atoms with Crippen LogP contribution in [0.15, 0.2) is 34.9 Å². The van der Waals surface area contributed by atoms with Crippen LogP contribution in [-0.2, 0) is 23.9 Å². The van der Waals surface area contributed by atoms with E-state index in [0.29, 0.717) is 17.6 Å². The zero-order valence-electron chi connectivity index (χ0n) is 24.2. The average molecular weight is 545 g/mol. The fourth-order valence-corrected chi connectivity index (χ4v) is 7.99. The predicted octanol–water partition coefficient (Wildman–Crippen LogP) is 3.58. The molecule has 2 bridgehead atoms. The van der Waals surface area contributed by atoms with E-state index >= 15 is 0 Å². The highest BCUT2D eigenvalue weighted by Gasteiger charge is 2.83. The van der Waals surface area contributed by atoms with Gasteiger partial charge in [-0.3, -0.25) is 9.59 Å². The number of ketones is 1. The fourth-order valence-electron chi connectivity index (χ4n) is 7.99. The Kier molecular flexibility index (Phi) is 7.58. The summed E-state index contributed by atoms with van der Waals surface area (Å²) >= 11 is 0. The van der Waals surface area contributed by atoms with Gasteiger partial charge in [-0.15, -0.1) is 0 Å². The number of hydrogen-bond donors (Lipinski definition) is 3. The van der Waals surface area contributed by atoms with Crippen LogP contribution in [0.3, 0.4) is 0 Å². The van der Waals surface area contributed by atoms with Crippen LogP contribution in [0.25, 0.3) is 0 Å². The molecule has 0 radical (unpaired) electrons. The lowest BCUT2D eigenvalue weighted by atomic mass is 9.59. The molecule has 1 spiro atoms. The molecule has 8 nitrogen and oxygen atoms in total. The number of hydrogen-bond acceptors (Lipinski definition) is 8. The van der Waals surface area contributed by atoms with E-state index in [0.717, 1.165) is 19.3 Å². The molecule has 0 aromatic carbocycles. The SMILES string of the molecule is C/C=C(/C)C(=O)O[C@H]1C(C)=CC23C(=O)[C@@H](C=C(CO)[C@@H](O)[C@]12O)[C@@H]1C(C)(C)[C@]1(OC(=O)CCCCC)CC3C. The highest BCUT2D eigenvalue weighted by Crippen LogP contribution is 2.75. The quantitative estimate of drug-likeness (QED) is 0.183. The summed E-state index contributed by atoms with van der Waals surface area (Å²) in [4.78, 5) is 40.5. The fraction of sp³-hybridized carbons (Fsp3) is 0.710. The molecule has 216 valence electrons. The van der Waals surface area contributed by atoms with Gasteiger partial charge in [0.1, 0.15) is 11.7 Å². The summed E-state index contributed by atoms with van der Waals surface area (Å²) in [6.07, 6.45) is 5.02. The average Bonchev–Trinajstić information content (AvgIpc) is 3.28. The smallest absolute Gasteiger partial charge is 0.334 e. The molecule has 0 amide bonds. The van der Waals surface area contributed by atoms with Crippen LogP contribution in [0.4, 0.5) is 0 Å². The molecular weight excluding hydrogens is 500 g/mol. The van der Waals surface area contributed by atoms with Crippen molar-refractivity contribution >= 4 is 17.7 Å². The van der Waals surface area contributed by atoms with Crippen LogP contribution in [0.5, 0.6) is 0 Å². The second kappa shape index (κ2) is 9.96. The van der Waals surface area contributed by atoms with Gasteiger partial charge in [0, 0.05) is 29.2 Å². The summed E-state index contributed by atoms with van der Waals surface area (Å²) in [6, 6.07) is 0. The van der Waals surface area contributed by atoms with Crippen molar-refractivity contribution in [2.45, 2.75) is 104 Å². The lowest BCUT2D eigenvalue weighted by molar-refractivity contribution is -0.203. The number of unbranched alkanes of at least 4 members (excludes halogenated alkanes) is 2. The third-order valence-corrected chi connectivity index (χ3v) is 10.3. The second-order valence-corrected chi connectivity index (χ2v) is 12.7. The van der Waals surface area contributed by atoms with Crippen LogP contribution >= 0.6 is 0 Å². The first-order valence-electron chi connectivity index (χ1n) is 14.2. The summed E-state index contributed by atoms with van der Waals surface area (Å²) in [5.41, 5.74) is -4.51. The summed E-state index contributed by atoms with van der Waals surface area (Å²) in [6.45, 7) is 12.2. The molecule has 39 heavy (non-hydrogen) atoms. The van der Waals surface area contributed by atoms with E-state index in [1.54, 1.807) is 39.0 Å². The zero-order valence-corrected chi connectivity index (χ0v) is 24.2. The van der Waals surface area contributed by atoms with E-state index in [2.05, 4.69) is 6.92 Å². The number of ether oxygens (including phenoxy) is 2. The van der Waals surface area contributed by atoms with E-state index in [-0.39, 0.29) is 23.7 Å². The van der Waals surface area contributed by atoms with Gasteiger partial charge in [0.15, 0.2) is 17.5 Å². The molecule has 0 saturated heterocycles. The molecule has 4 aliphatic carbocycles. The Morgan fingerprint density at radius 2 is 1.90 bits per heavy atom. The Morgan fingerprint density at radius 3 is 2.49 bits per heavy atom. The zero-order chi connectivity index (χ0) is 29.1. The van der Waals surface area contributed by atoms with Crippen molar-refractivity contribution in [1.82, 2.24) is 0 Å². The van der Waals surface area contributed by atoms with E-state index in [4.69, 9.17) is 9.47 Å². The third-order valence-electron chi connectivity index (χ3n) is 10.3. The van der Waals surface area contributed by atoms with E-state index in [1.165, 1.54) is 0 Å². The Labute approximate surface area is 231 Å². The van der Waals surface area contributed by atoms with Gasteiger partial charge in [0.05, 0.1) is 12.0 Å². The summed E-state index contributed by atoms with van der Waals surface area (Å²) in [5, 5.41) is 34.5. The highest BCUT2D eigenvalue weighted by atomic mass is 16.6. The maximum absolute atomic E-state index is 14.7. The molecule has 2 saturated carbocycles. The third kappa shape index (κ3) is 3.92. The van der Waals surface area contributed by atoms with Gasteiger partial charge in [-0.2, -0.15) is 0 Å².